The molecule has 0 atom stereocenters. The highest BCUT2D eigenvalue weighted by Gasteiger charge is 2.14. The first-order valence-electron chi connectivity index (χ1n) is 8.87. The number of carbonyl (C=O) groups is 1. The normalized spacial score (nSPS) is 10.8. The lowest BCUT2D eigenvalue weighted by Crippen LogP contribution is -2.15. The van der Waals surface area contributed by atoms with Gasteiger partial charge >= 0.3 is 5.76 Å². The van der Waals surface area contributed by atoms with Crippen LogP contribution in [-0.4, -0.2) is 17.6 Å². The molecule has 0 fully saturated rings. The predicted molar refractivity (Wildman–Crippen MR) is 107 cm³/mol. The van der Waals surface area contributed by atoms with Crippen LogP contribution in [0.1, 0.15) is 15.9 Å². The molecule has 0 aliphatic carbocycles. The Hall–Kier alpha value is -3.87. The van der Waals surface area contributed by atoms with Crippen LogP contribution in [0.5, 0.6) is 5.75 Å². The van der Waals surface area contributed by atoms with Crippen LogP contribution in [0.4, 0.5) is 10.1 Å². The van der Waals surface area contributed by atoms with E-state index < -0.39 is 5.76 Å². The van der Waals surface area contributed by atoms with E-state index in [-0.39, 0.29) is 18.3 Å². The van der Waals surface area contributed by atoms with Gasteiger partial charge < -0.3 is 14.5 Å². The van der Waals surface area contributed by atoms with Gasteiger partial charge in [-0.3, -0.25) is 9.36 Å². The number of rotatable bonds is 5. The molecule has 1 amide bonds. The van der Waals surface area contributed by atoms with Gasteiger partial charge in [-0.1, -0.05) is 18.2 Å². The maximum absolute atomic E-state index is 13.1. The van der Waals surface area contributed by atoms with Gasteiger partial charge in [0.25, 0.3) is 5.91 Å². The lowest BCUT2D eigenvalue weighted by molar-refractivity contribution is 0.102. The summed E-state index contributed by atoms with van der Waals surface area (Å²) in [6.45, 7) is 0.201. The topological polar surface area (TPSA) is 73.5 Å². The van der Waals surface area contributed by atoms with Crippen LogP contribution in [0.2, 0.25) is 0 Å². The number of nitrogens with zero attached hydrogens (tertiary/aromatic N) is 1. The summed E-state index contributed by atoms with van der Waals surface area (Å²) in [5.74, 6) is -0.604. The number of halogens is 1. The Morgan fingerprint density at radius 1 is 1.10 bits per heavy atom. The molecule has 1 heterocycles. The van der Waals surface area contributed by atoms with Crippen LogP contribution in [-0.2, 0) is 6.54 Å². The molecule has 1 N–H and O–H groups in total. The Kier molecular flexibility index (Phi) is 4.87. The van der Waals surface area contributed by atoms with E-state index in [1.54, 1.807) is 61.7 Å². The summed E-state index contributed by atoms with van der Waals surface area (Å²) in [6, 6.07) is 17.6. The first-order chi connectivity index (χ1) is 14.0. The number of fused-ring (bicyclic) bond motifs is 1. The number of oxazole rings is 1. The maximum Gasteiger partial charge on any atom is 0.420 e. The summed E-state index contributed by atoms with van der Waals surface area (Å²) < 4.78 is 25.0. The van der Waals surface area contributed by atoms with E-state index in [0.717, 1.165) is 5.56 Å². The van der Waals surface area contributed by atoms with Crippen LogP contribution in [0.25, 0.3) is 11.1 Å². The predicted octanol–water partition coefficient (Wildman–Crippen LogP) is 4.04. The third kappa shape index (κ3) is 3.89. The maximum atomic E-state index is 13.1. The van der Waals surface area contributed by atoms with Crippen molar-refractivity contribution in [2.45, 2.75) is 6.54 Å². The fourth-order valence-corrected chi connectivity index (χ4v) is 3.03. The molecule has 4 aromatic rings. The van der Waals surface area contributed by atoms with Crippen molar-refractivity contribution >= 4 is 22.7 Å². The lowest BCUT2D eigenvalue weighted by Gasteiger charge is -2.08. The number of aromatic nitrogens is 1. The monoisotopic (exact) mass is 392 g/mol. The molecular weight excluding hydrogens is 375 g/mol. The lowest BCUT2D eigenvalue weighted by atomic mass is 10.1. The second-order valence-corrected chi connectivity index (χ2v) is 6.45. The minimum atomic E-state index is -0.547. The van der Waals surface area contributed by atoms with Crippen LogP contribution in [0.3, 0.4) is 0 Å². The van der Waals surface area contributed by atoms with Crippen molar-refractivity contribution in [2.24, 2.45) is 0 Å². The molecule has 3 aromatic carbocycles. The van der Waals surface area contributed by atoms with E-state index in [4.69, 9.17) is 9.15 Å². The second-order valence-electron chi connectivity index (χ2n) is 6.45. The highest BCUT2D eigenvalue weighted by Crippen LogP contribution is 2.20. The van der Waals surface area contributed by atoms with Crippen LogP contribution in [0.15, 0.2) is 75.9 Å². The molecule has 0 saturated carbocycles. The molecule has 4 rings (SSSR count). The number of benzene rings is 3. The van der Waals surface area contributed by atoms with E-state index in [0.29, 0.717) is 28.1 Å². The molecule has 0 bridgehead atoms. The van der Waals surface area contributed by atoms with Crippen molar-refractivity contribution in [2.75, 3.05) is 12.4 Å². The molecule has 0 saturated heterocycles. The average molecular weight is 392 g/mol. The largest absolute Gasteiger partial charge is 0.497 e. The zero-order chi connectivity index (χ0) is 20.4. The highest BCUT2D eigenvalue weighted by molar-refractivity contribution is 6.05. The van der Waals surface area contributed by atoms with E-state index in [2.05, 4.69) is 5.32 Å². The van der Waals surface area contributed by atoms with E-state index >= 15 is 0 Å². The van der Waals surface area contributed by atoms with Gasteiger partial charge in [0, 0.05) is 17.3 Å². The SMILES string of the molecule is COc1cccc(NC(=O)c2ccc3oc(=O)n(Cc4ccc(F)cc4)c3c2)c1. The molecular formula is C22H17FN2O4. The van der Waals surface area contributed by atoms with Gasteiger partial charge in [0.2, 0.25) is 0 Å². The summed E-state index contributed by atoms with van der Waals surface area (Å²) in [5, 5.41) is 2.80. The smallest absolute Gasteiger partial charge is 0.420 e. The average Bonchev–Trinajstić information content (AvgIpc) is 3.04. The van der Waals surface area contributed by atoms with Gasteiger partial charge in [0.1, 0.15) is 11.6 Å². The zero-order valence-electron chi connectivity index (χ0n) is 15.5. The first-order valence-corrected chi connectivity index (χ1v) is 8.87. The number of amides is 1. The van der Waals surface area contributed by atoms with Crippen molar-refractivity contribution in [1.82, 2.24) is 4.57 Å². The molecule has 0 aliphatic heterocycles. The van der Waals surface area contributed by atoms with Gasteiger partial charge in [0.05, 0.1) is 19.2 Å². The van der Waals surface area contributed by atoms with Crippen molar-refractivity contribution in [3.05, 3.63) is 94.2 Å². The second kappa shape index (κ2) is 7.63. The Balaban J connectivity index is 1.65. The summed E-state index contributed by atoms with van der Waals surface area (Å²) in [6.07, 6.45) is 0. The Labute approximate surface area is 165 Å². The Bertz CT molecular complexity index is 1240. The minimum absolute atomic E-state index is 0.201. The van der Waals surface area contributed by atoms with Gasteiger partial charge in [-0.05, 0) is 48.0 Å². The summed E-state index contributed by atoms with van der Waals surface area (Å²) >= 11 is 0. The Morgan fingerprint density at radius 3 is 2.66 bits per heavy atom. The third-order valence-corrected chi connectivity index (χ3v) is 4.51. The number of hydrogen-bond donors (Lipinski definition) is 1. The van der Waals surface area contributed by atoms with Gasteiger partial charge in [-0.25, -0.2) is 9.18 Å². The van der Waals surface area contributed by atoms with Gasteiger partial charge in [-0.2, -0.15) is 0 Å². The minimum Gasteiger partial charge on any atom is -0.497 e. The number of methoxy groups -OCH3 is 1. The highest BCUT2D eigenvalue weighted by atomic mass is 19.1. The van der Waals surface area contributed by atoms with Crippen LogP contribution >= 0.6 is 0 Å². The standard InChI is InChI=1S/C22H17FN2O4/c1-28-18-4-2-3-17(12-18)24-21(26)15-7-10-20-19(11-15)25(22(27)29-20)13-14-5-8-16(23)9-6-14/h2-12H,13H2,1H3,(H,24,26). The van der Waals surface area contributed by atoms with Crippen molar-refractivity contribution in [3.63, 3.8) is 0 Å². The van der Waals surface area contributed by atoms with Gasteiger partial charge in [-0.15, -0.1) is 0 Å². The molecule has 0 unspecified atom stereocenters. The fourth-order valence-electron chi connectivity index (χ4n) is 3.03. The number of ether oxygens (including phenoxy) is 1. The number of carbonyl (C=O) groups excluding carboxylic acids is 1. The van der Waals surface area contributed by atoms with E-state index in [1.807, 2.05) is 0 Å². The number of hydrogen-bond acceptors (Lipinski definition) is 4. The number of anilines is 1. The van der Waals surface area contributed by atoms with Gasteiger partial charge in [0.15, 0.2) is 5.58 Å². The van der Waals surface area contributed by atoms with E-state index in [1.165, 1.54) is 16.7 Å². The molecule has 0 radical (unpaired) electrons. The molecule has 6 nitrogen and oxygen atoms in total. The van der Waals surface area contributed by atoms with E-state index in [9.17, 15) is 14.0 Å². The quantitative estimate of drug-likeness (QED) is 0.556. The summed E-state index contributed by atoms with van der Waals surface area (Å²) in [7, 11) is 1.55. The fraction of sp³-hybridized carbons (Fsp3) is 0.0909. The molecule has 146 valence electrons. The Morgan fingerprint density at radius 2 is 1.90 bits per heavy atom. The summed E-state index contributed by atoms with van der Waals surface area (Å²) in [4.78, 5) is 24.9. The molecule has 0 aliphatic rings. The van der Waals surface area contributed by atoms with Crippen molar-refractivity contribution < 1.29 is 18.3 Å². The molecule has 7 heteroatoms. The van der Waals surface area contributed by atoms with Crippen molar-refractivity contribution in [3.8, 4) is 5.75 Å². The first kappa shape index (κ1) is 18.5. The third-order valence-electron chi connectivity index (χ3n) is 4.51. The summed E-state index contributed by atoms with van der Waals surface area (Å²) in [5.41, 5.74) is 2.55. The molecule has 29 heavy (non-hydrogen) atoms. The number of nitrogens with one attached hydrogen (secondary N) is 1. The zero-order valence-corrected chi connectivity index (χ0v) is 15.5. The molecule has 0 spiro atoms. The van der Waals surface area contributed by atoms with Crippen LogP contribution in [0, 0.1) is 5.82 Å². The van der Waals surface area contributed by atoms with Crippen molar-refractivity contribution in [1.29, 1.82) is 0 Å². The van der Waals surface area contributed by atoms with Crippen LogP contribution < -0.4 is 15.8 Å². The molecule has 1 aromatic heterocycles.